The van der Waals surface area contributed by atoms with Crippen molar-refractivity contribution in [3.8, 4) is 17.2 Å². The molecular weight excluding hydrogens is 318 g/mol. The Morgan fingerprint density at radius 2 is 1.76 bits per heavy atom. The normalized spacial score (nSPS) is 10.9. The number of aryl methyl sites for hydroxylation is 1. The summed E-state index contributed by atoms with van der Waals surface area (Å²) < 4.78 is 10.6. The van der Waals surface area contributed by atoms with Gasteiger partial charge in [-0.05, 0) is 35.7 Å². The van der Waals surface area contributed by atoms with Crippen molar-refractivity contribution < 1.29 is 8.83 Å². The quantitative estimate of drug-likeness (QED) is 0.392. The molecule has 25 heavy (non-hydrogen) atoms. The van der Waals surface area contributed by atoms with Crippen molar-refractivity contribution in [1.29, 1.82) is 5.26 Å². The highest BCUT2D eigenvalue weighted by molar-refractivity contribution is 6.08. The highest BCUT2D eigenvalue weighted by atomic mass is 16.4. The standard InChI is InChI=1S/C20H11NO4/c1-11-15(10-21)20(23)24-16-8-7-13-14(12-5-3-2-4-6-12)9-17(22)25-19(13)18(11)16/h2-9H,1H3. The first-order valence-electron chi connectivity index (χ1n) is 7.60. The van der Waals surface area contributed by atoms with Gasteiger partial charge in [0.05, 0.1) is 5.39 Å². The highest BCUT2D eigenvalue weighted by Crippen LogP contribution is 2.33. The van der Waals surface area contributed by atoms with Gasteiger partial charge in [-0.2, -0.15) is 5.26 Å². The third kappa shape index (κ3) is 2.24. The Labute approximate surface area is 141 Å². The molecule has 0 saturated carbocycles. The zero-order chi connectivity index (χ0) is 17.6. The Morgan fingerprint density at radius 1 is 1.00 bits per heavy atom. The molecule has 5 heteroatoms. The second-order valence-corrected chi connectivity index (χ2v) is 5.66. The van der Waals surface area contributed by atoms with E-state index in [1.807, 2.05) is 36.4 Å². The lowest BCUT2D eigenvalue weighted by molar-refractivity contribution is 0.549. The number of benzene rings is 2. The summed E-state index contributed by atoms with van der Waals surface area (Å²) in [5, 5.41) is 10.4. The summed E-state index contributed by atoms with van der Waals surface area (Å²) in [4.78, 5) is 24.0. The smallest absolute Gasteiger partial charge is 0.354 e. The monoisotopic (exact) mass is 329 g/mol. The first-order chi connectivity index (χ1) is 12.1. The SMILES string of the molecule is Cc1c(C#N)c(=O)oc2ccc3c(-c4ccccc4)cc(=O)oc3c12. The van der Waals surface area contributed by atoms with Crippen molar-refractivity contribution in [2.75, 3.05) is 0 Å². The molecule has 0 radical (unpaired) electrons. The number of hydrogen-bond donors (Lipinski definition) is 0. The van der Waals surface area contributed by atoms with Crippen LogP contribution in [0.3, 0.4) is 0 Å². The summed E-state index contributed by atoms with van der Waals surface area (Å²) in [7, 11) is 0. The number of rotatable bonds is 1. The molecule has 0 fully saturated rings. The van der Waals surface area contributed by atoms with Gasteiger partial charge in [0, 0.05) is 11.5 Å². The van der Waals surface area contributed by atoms with E-state index in [2.05, 4.69) is 0 Å². The predicted octanol–water partition coefficient (Wildman–Crippen LogP) is 3.75. The van der Waals surface area contributed by atoms with Crippen LogP contribution in [0.5, 0.6) is 0 Å². The van der Waals surface area contributed by atoms with Crippen molar-refractivity contribution in [3.05, 3.63) is 80.5 Å². The third-order valence-electron chi connectivity index (χ3n) is 4.23. The van der Waals surface area contributed by atoms with Gasteiger partial charge in [0.1, 0.15) is 22.8 Å². The van der Waals surface area contributed by atoms with E-state index in [1.54, 1.807) is 19.1 Å². The van der Waals surface area contributed by atoms with Crippen LogP contribution in [-0.4, -0.2) is 0 Å². The summed E-state index contributed by atoms with van der Waals surface area (Å²) in [6, 6.07) is 16.1. The maximum atomic E-state index is 12.1. The lowest BCUT2D eigenvalue weighted by Gasteiger charge is -2.09. The van der Waals surface area contributed by atoms with Crippen LogP contribution in [0.25, 0.3) is 33.1 Å². The second kappa shape index (κ2) is 5.46. The van der Waals surface area contributed by atoms with Gasteiger partial charge in [-0.1, -0.05) is 30.3 Å². The van der Waals surface area contributed by atoms with Crippen LogP contribution < -0.4 is 11.3 Å². The van der Waals surface area contributed by atoms with E-state index in [4.69, 9.17) is 8.83 Å². The molecule has 0 aliphatic heterocycles. The minimum Gasteiger partial charge on any atom is -0.422 e. The minimum atomic E-state index is -0.701. The summed E-state index contributed by atoms with van der Waals surface area (Å²) in [5.41, 5.74) is 1.31. The Hall–Kier alpha value is -3.65. The van der Waals surface area contributed by atoms with E-state index < -0.39 is 11.3 Å². The predicted molar refractivity (Wildman–Crippen MR) is 93.4 cm³/mol. The molecule has 4 aromatic rings. The van der Waals surface area contributed by atoms with Crippen LogP contribution in [0.1, 0.15) is 11.1 Å². The fourth-order valence-corrected chi connectivity index (χ4v) is 3.06. The van der Waals surface area contributed by atoms with E-state index >= 15 is 0 Å². The molecule has 0 N–H and O–H groups in total. The van der Waals surface area contributed by atoms with Crippen LogP contribution in [0.2, 0.25) is 0 Å². The van der Waals surface area contributed by atoms with Gasteiger partial charge < -0.3 is 8.83 Å². The minimum absolute atomic E-state index is 0.0900. The van der Waals surface area contributed by atoms with Gasteiger partial charge in [-0.3, -0.25) is 0 Å². The van der Waals surface area contributed by atoms with Gasteiger partial charge in [-0.15, -0.1) is 0 Å². The van der Waals surface area contributed by atoms with Gasteiger partial charge in [0.25, 0.3) is 0 Å². The molecule has 0 amide bonds. The maximum Gasteiger partial charge on any atom is 0.354 e. The lowest BCUT2D eigenvalue weighted by Crippen LogP contribution is -2.07. The van der Waals surface area contributed by atoms with Crippen molar-refractivity contribution in [2.45, 2.75) is 6.92 Å². The molecule has 5 nitrogen and oxygen atoms in total. The zero-order valence-electron chi connectivity index (χ0n) is 13.2. The van der Waals surface area contributed by atoms with Crippen molar-refractivity contribution in [1.82, 2.24) is 0 Å². The van der Waals surface area contributed by atoms with E-state index in [0.29, 0.717) is 21.9 Å². The van der Waals surface area contributed by atoms with Crippen molar-refractivity contribution >= 4 is 21.9 Å². The molecular formula is C20H11NO4. The van der Waals surface area contributed by atoms with Gasteiger partial charge in [-0.25, -0.2) is 9.59 Å². The average Bonchev–Trinajstić information content (AvgIpc) is 2.61. The second-order valence-electron chi connectivity index (χ2n) is 5.66. The Balaban J connectivity index is 2.24. The number of nitrogens with zero attached hydrogens (tertiary/aromatic N) is 1. The van der Waals surface area contributed by atoms with Crippen molar-refractivity contribution in [2.24, 2.45) is 0 Å². The average molecular weight is 329 g/mol. The molecule has 0 saturated heterocycles. The van der Waals surface area contributed by atoms with Crippen LogP contribution in [0.4, 0.5) is 0 Å². The molecule has 4 rings (SSSR count). The fraction of sp³-hybridized carbons (Fsp3) is 0.0500. The molecule has 0 bridgehead atoms. The van der Waals surface area contributed by atoms with Crippen LogP contribution in [-0.2, 0) is 0 Å². The van der Waals surface area contributed by atoms with Gasteiger partial charge >= 0.3 is 11.3 Å². The molecule has 2 heterocycles. The molecule has 2 aromatic heterocycles. The Kier molecular flexibility index (Phi) is 3.26. The molecule has 0 aliphatic rings. The van der Waals surface area contributed by atoms with Crippen LogP contribution >= 0.6 is 0 Å². The maximum absolute atomic E-state index is 12.1. The largest absolute Gasteiger partial charge is 0.422 e. The molecule has 0 aliphatic carbocycles. The molecule has 0 atom stereocenters. The lowest BCUT2D eigenvalue weighted by atomic mass is 9.98. The fourth-order valence-electron chi connectivity index (χ4n) is 3.06. The molecule has 0 spiro atoms. The summed E-state index contributed by atoms with van der Waals surface area (Å²) in [6.45, 7) is 1.65. The Morgan fingerprint density at radius 3 is 2.48 bits per heavy atom. The summed E-state index contributed by atoms with van der Waals surface area (Å²) in [5.74, 6) is 0. The first kappa shape index (κ1) is 14.9. The van der Waals surface area contributed by atoms with Gasteiger partial charge in [0.15, 0.2) is 0 Å². The Bertz CT molecular complexity index is 1290. The van der Waals surface area contributed by atoms with E-state index in [9.17, 15) is 14.9 Å². The number of nitriles is 1. The van der Waals surface area contributed by atoms with E-state index in [1.165, 1.54) is 6.07 Å². The molecule has 2 aromatic carbocycles. The summed E-state index contributed by atoms with van der Waals surface area (Å²) >= 11 is 0. The van der Waals surface area contributed by atoms with E-state index in [-0.39, 0.29) is 11.1 Å². The summed E-state index contributed by atoms with van der Waals surface area (Å²) in [6.07, 6.45) is 0. The van der Waals surface area contributed by atoms with Crippen LogP contribution in [0, 0.1) is 18.3 Å². The van der Waals surface area contributed by atoms with Crippen molar-refractivity contribution in [3.63, 3.8) is 0 Å². The molecule has 120 valence electrons. The van der Waals surface area contributed by atoms with Crippen LogP contribution in [0.15, 0.2) is 67.0 Å². The van der Waals surface area contributed by atoms with Gasteiger partial charge in [0.2, 0.25) is 0 Å². The third-order valence-corrected chi connectivity index (χ3v) is 4.23. The zero-order valence-corrected chi connectivity index (χ0v) is 13.2. The molecule has 0 unspecified atom stereocenters. The highest BCUT2D eigenvalue weighted by Gasteiger charge is 2.17. The topological polar surface area (TPSA) is 84.2 Å². The van der Waals surface area contributed by atoms with E-state index in [0.717, 1.165) is 11.1 Å². The number of hydrogen-bond acceptors (Lipinski definition) is 5. The number of fused-ring (bicyclic) bond motifs is 3. The first-order valence-corrected chi connectivity index (χ1v) is 7.60.